The molecule has 0 saturated carbocycles. The van der Waals surface area contributed by atoms with E-state index in [4.69, 9.17) is 0 Å². The molecule has 0 radical (unpaired) electrons. The SMILES string of the molecule is CC(C)NCCP(=O)(c1ccccc1)c1ccccc1. The van der Waals surface area contributed by atoms with Gasteiger partial charge in [0.2, 0.25) is 0 Å². The van der Waals surface area contributed by atoms with Crippen LogP contribution in [0.15, 0.2) is 60.7 Å². The highest BCUT2D eigenvalue weighted by atomic mass is 31.2. The summed E-state index contributed by atoms with van der Waals surface area (Å²) in [5.74, 6) is 0. The first-order chi connectivity index (χ1) is 9.63. The van der Waals surface area contributed by atoms with E-state index in [-0.39, 0.29) is 0 Å². The van der Waals surface area contributed by atoms with Crippen molar-refractivity contribution in [1.29, 1.82) is 0 Å². The molecule has 2 rings (SSSR count). The molecule has 0 aromatic heterocycles. The summed E-state index contributed by atoms with van der Waals surface area (Å²) in [6, 6.07) is 20.1. The van der Waals surface area contributed by atoms with E-state index in [0.717, 1.165) is 17.2 Å². The quantitative estimate of drug-likeness (QED) is 0.828. The molecule has 0 heterocycles. The number of hydrogen-bond donors (Lipinski definition) is 1. The van der Waals surface area contributed by atoms with Gasteiger partial charge >= 0.3 is 0 Å². The van der Waals surface area contributed by atoms with Crippen LogP contribution in [-0.2, 0) is 4.57 Å². The lowest BCUT2D eigenvalue weighted by atomic mass is 10.4. The maximum atomic E-state index is 13.6. The molecule has 2 nitrogen and oxygen atoms in total. The van der Waals surface area contributed by atoms with E-state index in [0.29, 0.717) is 12.2 Å². The first kappa shape index (κ1) is 15.0. The van der Waals surface area contributed by atoms with Gasteiger partial charge in [-0.3, -0.25) is 0 Å². The second-order valence-electron chi connectivity index (χ2n) is 5.24. The molecule has 20 heavy (non-hydrogen) atoms. The molecule has 0 spiro atoms. The topological polar surface area (TPSA) is 29.1 Å². The molecule has 2 aromatic carbocycles. The standard InChI is InChI=1S/C17H22NOP/c1-15(2)18-13-14-20(19,16-9-5-3-6-10-16)17-11-7-4-8-12-17/h3-12,15,18H,13-14H2,1-2H3. The van der Waals surface area contributed by atoms with Gasteiger partial charge in [0, 0.05) is 29.4 Å². The Balaban J connectivity index is 2.32. The Morgan fingerprint density at radius 3 is 1.75 bits per heavy atom. The van der Waals surface area contributed by atoms with Crippen LogP contribution in [0.5, 0.6) is 0 Å². The summed E-state index contributed by atoms with van der Waals surface area (Å²) in [6.07, 6.45) is 0.652. The molecule has 1 N–H and O–H groups in total. The number of rotatable bonds is 6. The summed E-state index contributed by atoms with van der Waals surface area (Å²) in [5.41, 5.74) is 0. The van der Waals surface area contributed by atoms with Crippen molar-refractivity contribution in [2.75, 3.05) is 12.7 Å². The molecule has 0 atom stereocenters. The average Bonchev–Trinajstić information content (AvgIpc) is 2.48. The van der Waals surface area contributed by atoms with Gasteiger partial charge in [0.15, 0.2) is 0 Å². The van der Waals surface area contributed by atoms with Gasteiger partial charge < -0.3 is 9.88 Å². The molecule has 0 aliphatic heterocycles. The van der Waals surface area contributed by atoms with Gasteiger partial charge in [-0.25, -0.2) is 0 Å². The van der Waals surface area contributed by atoms with E-state index in [9.17, 15) is 4.57 Å². The second kappa shape index (κ2) is 6.88. The number of hydrogen-bond acceptors (Lipinski definition) is 2. The predicted molar refractivity (Wildman–Crippen MR) is 87.8 cm³/mol. The van der Waals surface area contributed by atoms with Crippen LogP contribution in [0.2, 0.25) is 0 Å². The van der Waals surface area contributed by atoms with Crippen molar-refractivity contribution in [2.45, 2.75) is 19.9 Å². The first-order valence-electron chi connectivity index (χ1n) is 7.06. The zero-order valence-corrected chi connectivity index (χ0v) is 13.0. The Morgan fingerprint density at radius 2 is 1.35 bits per heavy atom. The highest BCUT2D eigenvalue weighted by Gasteiger charge is 2.26. The summed E-state index contributed by atoms with van der Waals surface area (Å²) >= 11 is 0. The molecule has 0 bridgehead atoms. The Kier molecular flexibility index (Phi) is 5.17. The lowest BCUT2D eigenvalue weighted by Crippen LogP contribution is -2.29. The number of benzene rings is 2. The van der Waals surface area contributed by atoms with Gasteiger partial charge in [0.1, 0.15) is 7.14 Å². The maximum Gasteiger partial charge on any atom is 0.144 e. The van der Waals surface area contributed by atoms with Gasteiger partial charge in [-0.05, 0) is 0 Å². The minimum absolute atomic E-state index is 0.412. The minimum atomic E-state index is -2.54. The van der Waals surface area contributed by atoms with Gasteiger partial charge in [0.05, 0.1) is 0 Å². The molecule has 106 valence electrons. The lowest BCUT2D eigenvalue weighted by Gasteiger charge is -2.20. The summed E-state index contributed by atoms with van der Waals surface area (Å²) in [5, 5.41) is 5.25. The van der Waals surface area contributed by atoms with Crippen molar-refractivity contribution < 1.29 is 4.57 Å². The zero-order chi connectivity index (χ0) is 14.4. The van der Waals surface area contributed by atoms with Crippen LogP contribution in [0.4, 0.5) is 0 Å². The summed E-state index contributed by atoms with van der Waals surface area (Å²) in [7, 11) is -2.54. The van der Waals surface area contributed by atoms with Crippen LogP contribution in [0, 0.1) is 0 Å². The largest absolute Gasteiger partial charge is 0.314 e. The molecule has 0 aliphatic rings. The summed E-state index contributed by atoms with van der Waals surface area (Å²) in [6.45, 7) is 4.98. The molecule has 2 aromatic rings. The van der Waals surface area contributed by atoms with Crippen molar-refractivity contribution in [3.05, 3.63) is 60.7 Å². The highest BCUT2D eigenvalue weighted by molar-refractivity contribution is 7.78. The Labute approximate surface area is 121 Å². The van der Waals surface area contributed by atoms with Crippen LogP contribution in [0.25, 0.3) is 0 Å². The zero-order valence-electron chi connectivity index (χ0n) is 12.1. The van der Waals surface area contributed by atoms with E-state index >= 15 is 0 Å². The second-order valence-corrected chi connectivity index (χ2v) is 8.20. The van der Waals surface area contributed by atoms with Crippen LogP contribution in [0.3, 0.4) is 0 Å². The van der Waals surface area contributed by atoms with Gasteiger partial charge in [-0.15, -0.1) is 0 Å². The molecule has 0 unspecified atom stereocenters. The predicted octanol–water partition coefficient (Wildman–Crippen LogP) is 3.00. The van der Waals surface area contributed by atoms with E-state index in [1.54, 1.807) is 0 Å². The first-order valence-corrected chi connectivity index (χ1v) is 8.96. The third-order valence-corrected chi connectivity index (χ3v) is 6.44. The monoisotopic (exact) mass is 287 g/mol. The van der Waals surface area contributed by atoms with Crippen molar-refractivity contribution >= 4 is 17.8 Å². The van der Waals surface area contributed by atoms with Gasteiger partial charge in [-0.1, -0.05) is 74.5 Å². The fraction of sp³-hybridized carbons (Fsp3) is 0.294. The Morgan fingerprint density at radius 1 is 0.900 bits per heavy atom. The fourth-order valence-electron chi connectivity index (χ4n) is 2.26. The third kappa shape index (κ3) is 3.59. The van der Waals surface area contributed by atoms with E-state index in [1.165, 1.54) is 0 Å². The average molecular weight is 287 g/mol. The lowest BCUT2D eigenvalue weighted by molar-refractivity contribution is 0.576. The van der Waals surface area contributed by atoms with Crippen molar-refractivity contribution in [1.82, 2.24) is 5.32 Å². The molecular formula is C17H22NOP. The van der Waals surface area contributed by atoms with E-state index < -0.39 is 7.14 Å². The molecule has 3 heteroatoms. The highest BCUT2D eigenvalue weighted by Crippen LogP contribution is 2.42. The van der Waals surface area contributed by atoms with E-state index in [2.05, 4.69) is 19.2 Å². The molecule has 0 aliphatic carbocycles. The van der Waals surface area contributed by atoms with Gasteiger partial charge in [-0.2, -0.15) is 0 Å². The smallest absolute Gasteiger partial charge is 0.144 e. The Bertz CT molecular complexity index is 523. The summed E-state index contributed by atoms with van der Waals surface area (Å²) in [4.78, 5) is 0. The number of nitrogens with one attached hydrogen (secondary N) is 1. The normalized spacial score (nSPS) is 11.8. The maximum absolute atomic E-state index is 13.6. The molecule has 0 fully saturated rings. The third-order valence-electron chi connectivity index (χ3n) is 3.33. The van der Waals surface area contributed by atoms with Crippen molar-refractivity contribution in [3.8, 4) is 0 Å². The molecular weight excluding hydrogens is 265 g/mol. The van der Waals surface area contributed by atoms with Crippen LogP contribution >= 0.6 is 7.14 Å². The van der Waals surface area contributed by atoms with E-state index in [1.807, 2.05) is 60.7 Å². The van der Waals surface area contributed by atoms with Gasteiger partial charge in [0.25, 0.3) is 0 Å². The van der Waals surface area contributed by atoms with Crippen molar-refractivity contribution in [3.63, 3.8) is 0 Å². The van der Waals surface area contributed by atoms with Crippen LogP contribution < -0.4 is 15.9 Å². The van der Waals surface area contributed by atoms with Crippen LogP contribution in [-0.4, -0.2) is 18.7 Å². The Hall–Kier alpha value is -1.37. The molecule has 0 amide bonds. The van der Waals surface area contributed by atoms with Crippen LogP contribution in [0.1, 0.15) is 13.8 Å². The molecule has 0 saturated heterocycles. The van der Waals surface area contributed by atoms with Crippen molar-refractivity contribution in [2.24, 2.45) is 0 Å². The minimum Gasteiger partial charge on any atom is -0.314 e. The summed E-state index contributed by atoms with van der Waals surface area (Å²) < 4.78 is 13.6. The fourth-order valence-corrected chi connectivity index (χ4v) is 4.82.